The van der Waals surface area contributed by atoms with Gasteiger partial charge in [-0.1, -0.05) is 13.8 Å². The lowest BCUT2D eigenvalue weighted by molar-refractivity contribution is 0.0678. The molecule has 9 heteroatoms. The smallest absolute Gasteiger partial charge is 0.380 e. The van der Waals surface area contributed by atoms with Crippen LogP contribution in [-0.4, -0.2) is 49.2 Å². The highest BCUT2D eigenvalue weighted by molar-refractivity contribution is 6.78. The van der Waals surface area contributed by atoms with Crippen LogP contribution in [-0.2, 0) is 25.6 Å². The van der Waals surface area contributed by atoms with Crippen molar-refractivity contribution in [3.8, 4) is 0 Å². The molecule has 0 aromatic heterocycles. The predicted molar refractivity (Wildman–Crippen MR) is 64.0 cm³/mol. The van der Waals surface area contributed by atoms with Gasteiger partial charge in [0.05, 0.1) is 0 Å². The van der Waals surface area contributed by atoms with Crippen molar-refractivity contribution in [3.63, 3.8) is 0 Å². The topological polar surface area (TPSA) is 55.4 Å². The van der Waals surface area contributed by atoms with Gasteiger partial charge in [0.2, 0.25) is 0 Å². The summed E-state index contributed by atoms with van der Waals surface area (Å²) in [5.74, 6) is 0. The molecule has 6 nitrogen and oxygen atoms in total. The van der Waals surface area contributed by atoms with Crippen LogP contribution in [0.3, 0.4) is 0 Å². The molecule has 0 amide bonds. The van der Waals surface area contributed by atoms with Crippen LogP contribution in [0, 0.1) is 0 Å². The molecular weight excluding hydrogens is 264 g/mol. The van der Waals surface area contributed by atoms with Crippen LogP contribution in [0.15, 0.2) is 0 Å². The molecule has 0 aromatic carbocycles. The van der Waals surface area contributed by atoms with Gasteiger partial charge in [-0.3, -0.25) is 0 Å². The molecular formula is C7H20O6Si3. The SMILES string of the molecule is CCC(C)[Si]1(OC)O[SiH](OC)O[SiH](OC)O1. The first-order valence-corrected chi connectivity index (χ1v) is 9.86. The molecule has 0 aliphatic carbocycles. The molecule has 0 spiro atoms. The third-order valence-corrected chi connectivity index (χ3v) is 11.5. The Morgan fingerprint density at radius 1 is 1.12 bits per heavy atom. The lowest BCUT2D eigenvalue weighted by Crippen LogP contribution is -2.62. The fourth-order valence-corrected chi connectivity index (χ4v) is 11.7. The van der Waals surface area contributed by atoms with Crippen molar-refractivity contribution in [3.05, 3.63) is 0 Å². The Labute approximate surface area is 101 Å². The Morgan fingerprint density at radius 2 is 1.62 bits per heavy atom. The summed E-state index contributed by atoms with van der Waals surface area (Å²) in [4.78, 5) is 0. The second kappa shape index (κ2) is 6.37. The minimum Gasteiger partial charge on any atom is -0.380 e. The monoisotopic (exact) mass is 284 g/mol. The average Bonchev–Trinajstić information content (AvgIpc) is 2.36. The van der Waals surface area contributed by atoms with Gasteiger partial charge in [0.15, 0.2) is 0 Å². The first kappa shape index (κ1) is 14.5. The molecule has 1 fully saturated rings. The fraction of sp³-hybridized carbons (Fsp3) is 1.00. The molecule has 3 atom stereocenters. The third kappa shape index (κ3) is 3.00. The molecule has 1 aliphatic rings. The molecule has 1 saturated heterocycles. The van der Waals surface area contributed by atoms with E-state index in [9.17, 15) is 0 Å². The Hall–Kier alpha value is 0.411. The van der Waals surface area contributed by atoms with E-state index in [0.29, 0.717) is 0 Å². The number of rotatable bonds is 5. The van der Waals surface area contributed by atoms with Gasteiger partial charge in [0.1, 0.15) is 0 Å². The van der Waals surface area contributed by atoms with E-state index in [0.717, 1.165) is 6.42 Å². The van der Waals surface area contributed by atoms with Gasteiger partial charge in [-0.25, -0.2) is 0 Å². The highest BCUT2D eigenvalue weighted by Crippen LogP contribution is 2.32. The van der Waals surface area contributed by atoms with E-state index in [1.807, 2.05) is 0 Å². The second-order valence-electron chi connectivity index (χ2n) is 3.54. The highest BCUT2D eigenvalue weighted by atomic mass is 28.5. The normalized spacial score (nSPS) is 37.3. The van der Waals surface area contributed by atoms with Gasteiger partial charge < -0.3 is 25.6 Å². The van der Waals surface area contributed by atoms with Crippen molar-refractivity contribution >= 4 is 27.9 Å². The zero-order valence-electron chi connectivity index (χ0n) is 10.4. The third-order valence-electron chi connectivity index (χ3n) is 2.63. The van der Waals surface area contributed by atoms with E-state index in [4.69, 9.17) is 25.6 Å². The maximum atomic E-state index is 5.80. The maximum absolute atomic E-state index is 5.80. The first-order chi connectivity index (χ1) is 7.61. The summed E-state index contributed by atoms with van der Waals surface area (Å²) in [7, 11) is -2.20. The standard InChI is InChI=1S/C7H20O6Si3/c1-6-7(2)16(10-5)12-14(8-3)11-15(9-4)13-16/h7,14-15H,6H2,1-5H3. The Kier molecular flexibility index (Phi) is 5.76. The van der Waals surface area contributed by atoms with Gasteiger partial charge in [0, 0.05) is 26.9 Å². The van der Waals surface area contributed by atoms with Gasteiger partial charge in [-0.2, -0.15) is 0 Å². The largest absolute Gasteiger partial charge is 0.488 e. The molecule has 0 bridgehead atoms. The zero-order chi connectivity index (χ0) is 12.2. The molecule has 3 unspecified atom stereocenters. The van der Waals surface area contributed by atoms with Gasteiger partial charge >= 0.3 is 27.9 Å². The van der Waals surface area contributed by atoms with E-state index in [1.165, 1.54) is 0 Å². The summed E-state index contributed by atoms with van der Waals surface area (Å²) < 4.78 is 33.0. The molecule has 96 valence electrons. The molecule has 1 rings (SSSR count). The van der Waals surface area contributed by atoms with Crippen LogP contribution in [0.2, 0.25) is 5.54 Å². The lowest BCUT2D eigenvalue weighted by Gasteiger charge is -2.41. The summed E-state index contributed by atoms with van der Waals surface area (Å²) in [6, 6.07) is 0. The zero-order valence-corrected chi connectivity index (χ0v) is 13.7. The van der Waals surface area contributed by atoms with Crippen molar-refractivity contribution in [2.24, 2.45) is 0 Å². The van der Waals surface area contributed by atoms with Gasteiger partial charge in [-0.05, 0) is 6.42 Å². The molecule has 0 aromatic rings. The van der Waals surface area contributed by atoms with E-state index in [2.05, 4.69) is 13.8 Å². The number of hydrogen-bond donors (Lipinski definition) is 0. The van der Waals surface area contributed by atoms with E-state index >= 15 is 0 Å². The minimum absolute atomic E-state index is 0.219. The van der Waals surface area contributed by atoms with Gasteiger partial charge in [0.25, 0.3) is 0 Å². The average molecular weight is 284 g/mol. The molecule has 1 heterocycles. The Bertz CT molecular complexity index is 206. The van der Waals surface area contributed by atoms with Crippen LogP contribution in [0.25, 0.3) is 0 Å². The molecule has 0 radical (unpaired) electrons. The van der Waals surface area contributed by atoms with Crippen molar-refractivity contribution in [2.75, 3.05) is 21.3 Å². The lowest BCUT2D eigenvalue weighted by atomic mass is 10.4. The summed E-state index contributed by atoms with van der Waals surface area (Å²) in [5.41, 5.74) is 0.219. The van der Waals surface area contributed by atoms with Crippen molar-refractivity contribution in [1.82, 2.24) is 0 Å². The van der Waals surface area contributed by atoms with Crippen molar-refractivity contribution in [2.45, 2.75) is 25.8 Å². The maximum Gasteiger partial charge on any atom is 0.488 e. The molecule has 1 aliphatic heterocycles. The Balaban J connectivity index is 2.81. The first-order valence-electron chi connectivity index (χ1n) is 5.23. The van der Waals surface area contributed by atoms with Crippen LogP contribution >= 0.6 is 0 Å². The van der Waals surface area contributed by atoms with Gasteiger partial charge in [-0.15, -0.1) is 0 Å². The quantitative estimate of drug-likeness (QED) is 0.671. The summed E-state index contributed by atoms with van der Waals surface area (Å²) >= 11 is 0. The minimum atomic E-state index is -2.68. The van der Waals surface area contributed by atoms with Crippen LogP contribution in [0.5, 0.6) is 0 Å². The fourth-order valence-electron chi connectivity index (χ4n) is 1.43. The number of hydrogen-bond acceptors (Lipinski definition) is 6. The van der Waals surface area contributed by atoms with Crippen LogP contribution < -0.4 is 0 Å². The van der Waals surface area contributed by atoms with Crippen LogP contribution in [0.4, 0.5) is 0 Å². The summed E-state index contributed by atoms with van der Waals surface area (Å²) in [6.07, 6.45) is 0.926. The molecule has 0 N–H and O–H groups in total. The summed E-state index contributed by atoms with van der Waals surface area (Å²) in [5, 5.41) is 0. The van der Waals surface area contributed by atoms with Crippen molar-refractivity contribution < 1.29 is 25.6 Å². The molecule has 16 heavy (non-hydrogen) atoms. The van der Waals surface area contributed by atoms with E-state index in [-0.39, 0.29) is 5.54 Å². The molecule has 0 saturated carbocycles. The highest BCUT2D eigenvalue weighted by Gasteiger charge is 2.55. The van der Waals surface area contributed by atoms with Crippen LogP contribution in [0.1, 0.15) is 20.3 Å². The summed E-state index contributed by atoms with van der Waals surface area (Å²) in [6.45, 7) is 4.14. The van der Waals surface area contributed by atoms with E-state index in [1.54, 1.807) is 21.3 Å². The second-order valence-corrected chi connectivity index (χ2v) is 11.2. The van der Waals surface area contributed by atoms with E-state index < -0.39 is 27.9 Å². The van der Waals surface area contributed by atoms with Crippen molar-refractivity contribution in [1.29, 1.82) is 0 Å². The predicted octanol–water partition coefficient (Wildman–Crippen LogP) is 0.162. The Morgan fingerprint density at radius 3 is 1.94 bits per heavy atom.